The third-order valence-electron chi connectivity index (χ3n) is 13.0. The zero-order valence-electron chi connectivity index (χ0n) is 26.9. The van der Waals surface area contributed by atoms with E-state index in [1.165, 1.54) is 55.7 Å². The number of hydrogen-bond donors (Lipinski definition) is 0. The summed E-state index contributed by atoms with van der Waals surface area (Å²) in [6, 6.07) is 13.6. The van der Waals surface area contributed by atoms with Crippen molar-refractivity contribution in [2.24, 2.45) is 11.8 Å². The predicted octanol–water partition coefficient (Wildman–Crippen LogP) is 10.8. The number of rotatable bonds is 0. The number of benzene rings is 2. The lowest BCUT2D eigenvalue weighted by atomic mass is 9.72. The van der Waals surface area contributed by atoms with E-state index in [2.05, 4.69) is 85.0 Å². The zero-order chi connectivity index (χ0) is 31.7. The van der Waals surface area contributed by atoms with E-state index >= 15 is 0 Å². The smallest absolute Gasteiger partial charge is 0.100 e. The van der Waals surface area contributed by atoms with Gasteiger partial charge in [0.2, 0.25) is 0 Å². The van der Waals surface area contributed by atoms with Crippen LogP contribution in [0.25, 0.3) is 10.8 Å². The van der Waals surface area contributed by atoms with Gasteiger partial charge in [-0.1, -0.05) is 107 Å². The predicted molar refractivity (Wildman–Crippen MR) is 191 cm³/mol. The summed E-state index contributed by atoms with van der Waals surface area (Å²) in [6.07, 6.45) is 32.7. The molecule has 0 radical (unpaired) electrons. The molecule has 2 nitrogen and oxygen atoms in total. The van der Waals surface area contributed by atoms with Crippen LogP contribution in [0.5, 0.6) is 0 Å². The Balaban J connectivity index is 1.22. The Morgan fingerprint density at radius 3 is 1.38 bits per heavy atom. The zero-order valence-corrected chi connectivity index (χ0v) is 26.9. The summed E-state index contributed by atoms with van der Waals surface area (Å²) in [6.45, 7) is 0. The van der Waals surface area contributed by atoms with Crippen LogP contribution < -0.4 is 0 Å². The maximum Gasteiger partial charge on any atom is 0.100 e. The Morgan fingerprint density at radius 2 is 0.896 bits per heavy atom. The first kappa shape index (κ1) is 26.8. The van der Waals surface area contributed by atoms with Gasteiger partial charge >= 0.3 is 0 Å². The number of nitrogens with zero attached hydrogens (tertiary/aromatic N) is 2. The van der Waals surface area contributed by atoms with E-state index in [4.69, 9.17) is 0 Å². The van der Waals surface area contributed by atoms with Crippen LogP contribution in [0.15, 0.2) is 152 Å². The van der Waals surface area contributed by atoms with Crippen molar-refractivity contribution >= 4 is 10.8 Å². The molecule has 228 valence electrons. The lowest BCUT2D eigenvalue weighted by molar-refractivity contribution is 0.703. The second-order valence-electron chi connectivity index (χ2n) is 15.3. The topological polar surface area (TPSA) is 47.6 Å². The van der Waals surface area contributed by atoms with Gasteiger partial charge in [0, 0.05) is 34.4 Å². The van der Waals surface area contributed by atoms with Crippen molar-refractivity contribution in [3.05, 3.63) is 174 Å². The summed E-state index contributed by atoms with van der Waals surface area (Å²) in [5, 5.41) is 23.7. The summed E-state index contributed by atoms with van der Waals surface area (Å²) in [5.41, 5.74) is 21.4. The molecule has 9 aliphatic carbocycles. The van der Waals surface area contributed by atoms with Crippen LogP contribution in [-0.4, -0.2) is 0 Å². The Morgan fingerprint density at radius 1 is 0.458 bits per heavy atom. The number of hydrogen-bond acceptors (Lipinski definition) is 2. The molecule has 0 aliphatic heterocycles. The van der Waals surface area contributed by atoms with Crippen molar-refractivity contribution in [2.75, 3.05) is 0 Å². The highest BCUT2D eigenvalue weighted by atomic mass is 14.4. The van der Waals surface area contributed by atoms with Gasteiger partial charge < -0.3 is 0 Å². The molecule has 0 saturated heterocycles. The lowest BCUT2D eigenvalue weighted by Crippen LogP contribution is -2.15. The second kappa shape index (κ2) is 9.69. The summed E-state index contributed by atoms with van der Waals surface area (Å²) < 4.78 is 0. The fraction of sp³-hybridized carbons (Fsp3) is 0.261. The van der Waals surface area contributed by atoms with E-state index in [0.717, 1.165) is 84.4 Å². The third-order valence-corrected chi connectivity index (χ3v) is 13.0. The maximum atomic E-state index is 10.9. The minimum atomic E-state index is 0.0823. The molecular formula is C46H34N2. The summed E-state index contributed by atoms with van der Waals surface area (Å²) in [5.74, 6) is 0.991. The lowest BCUT2D eigenvalue weighted by Gasteiger charge is -2.30. The van der Waals surface area contributed by atoms with E-state index in [0.29, 0.717) is 11.8 Å². The van der Waals surface area contributed by atoms with Gasteiger partial charge in [0.25, 0.3) is 0 Å². The molecule has 0 fully saturated rings. The molecule has 0 N–H and O–H groups in total. The highest BCUT2D eigenvalue weighted by molar-refractivity contribution is 5.96. The maximum absolute atomic E-state index is 10.9. The normalized spacial score (nSPS) is 28.5. The molecule has 2 aromatic rings. The van der Waals surface area contributed by atoms with Crippen molar-refractivity contribution < 1.29 is 0 Å². The number of allylic oxidation sites excluding steroid dienone is 22. The monoisotopic (exact) mass is 614 g/mol. The fourth-order valence-corrected chi connectivity index (χ4v) is 10.7. The van der Waals surface area contributed by atoms with Crippen molar-refractivity contribution in [2.45, 2.75) is 63.2 Å². The van der Waals surface area contributed by atoms with Gasteiger partial charge in [0.05, 0.1) is 11.1 Å². The Bertz CT molecular complexity index is 2250. The first-order chi connectivity index (χ1) is 23.6. The average Bonchev–Trinajstić information content (AvgIpc) is 3.52. The number of nitriles is 2. The molecule has 8 bridgehead atoms. The molecule has 0 aromatic heterocycles. The molecule has 9 aliphatic rings. The SMILES string of the molecule is N#Cc1c2c(c(C#N)c3ccccc13)C1CC3=C4C=C1CC1=CC5=C(C=CC6CC7=C(C=C6C5)CC5=C(C=C7)CC(C=C3)C(=C5)C4)CC12. The summed E-state index contributed by atoms with van der Waals surface area (Å²) >= 11 is 0. The van der Waals surface area contributed by atoms with Gasteiger partial charge in [0.1, 0.15) is 12.1 Å². The van der Waals surface area contributed by atoms with Gasteiger partial charge in [-0.25, -0.2) is 0 Å². The van der Waals surface area contributed by atoms with Crippen LogP contribution in [0.2, 0.25) is 0 Å². The first-order valence-corrected chi connectivity index (χ1v) is 17.8. The van der Waals surface area contributed by atoms with Crippen molar-refractivity contribution in [3.63, 3.8) is 0 Å². The molecule has 0 heterocycles. The third kappa shape index (κ3) is 3.67. The average molecular weight is 615 g/mol. The molecule has 0 saturated carbocycles. The van der Waals surface area contributed by atoms with Crippen LogP contribution in [0.3, 0.4) is 0 Å². The molecular weight excluding hydrogens is 581 g/mol. The molecule has 11 rings (SSSR count). The molecule has 2 heteroatoms. The summed E-state index contributed by atoms with van der Waals surface area (Å²) in [4.78, 5) is 0. The minimum Gasteiger partial charge on any atom is -0.192 e. The van der Waals surface area contributed by atoms with Gasteiger partial charge in [0.15, 0.2) is 0 Å². The van der Waals surface area contributed by atoms with E-state index < -0.39 is 0 Å². The van der Waals surface area contributed by atoms with Crippen LogP contribution in [0, 0.1) is 34.5 Å². The molecule has 4 atom stereocenters. The Hall–Kier alpha value is -5.18. The van der Waals surface area contributed by atoms with Crippen LogP contribution in [-0.2, 0) is 0 Å². The quantitative estimate of drug-likeness (QED) is 0.296. The minimum absolute atomic E-state index is 0.0823. The van der Waals surface area contributed by atoms with Crippen molar-refractivity contribution in [1.82, 2.24) is 0 Å². The first-order valence-electron chi connectivity index (χ1n) is 17.8. The highest BCUT2D eigenvalue weighted by Crippen LogP contribution is 2.57. The van der Waals surface area contributed by atoms with Crippen molar-refractivity contribution in [3.8, 4) is 12.1 Å². The van der Waals surface area contributed by atoms with Gasteiger partial charge in [-0.15, -0.1) is 0 Å². The van der Waals surface area contributed by atoms with E-state index in [1.54, 1.807) is 11.1 Å². The van der Waals surface area contributed by atoms with Crippen molar-refractivity contribution in [1.29, 1.82) is 10.5 Å². The molecule has 0 amide bonds. The largest absolute Gasteiger partial charge is 0.192 e. The Kier molecular flexibility index (Phi) is 5.42. The molecule has 4 unspecified atom stereocenters. The van der Waals surface area contributed by atoms with Crippen LogP contribution >= 0.6 is 0 Å². The van der Waals surface area contributed by atoms with Crippen LogP contribution in [0.4, 0.5) is 0 Å². The van der Waals surface area contributed by atoms with E-state index in [1.807, 2.05) is 12.1 Å². The van der Waals surface area contributed by atoms with E-state index in [-0.39, 0.29) is 11.8 Å². The van der Waals surface area contributed by atoms with E-state index in [9.17, 15) is 10.5 Å². The van der Waals surface area contributed by atoms with Gasteiger partial charge in [-0.3, -0.25) is 0 Å². The number of fused-ring (bicyclic) bond motifs is 4. The van der Waals surface area contributed by atoms with Gasteiger partial charge in [-0.2, -0.15) is 10.5 Å². The molecule has 48 heavy (non-hydrogen) atoms. The van der Waals surface area contributed by atoms with Gasteiger partial charge in [-0.05, 0) is 107 Å². The molecule has 2 aromatic carbocycles. The highest BCUT2D eigenvalue weighted by Gasteiger charge is 2.41. The summed E-state index contributed by atoms with van der Waals surface area (Å²) in [7, 11) is 0. The Labute approximate surface area is 281 Å². The van der Waals surface area contributed by atoms with Crippen LogP contribution in [0.1, 0.15) is 85.5 Å². The molecule has 0 spiro atoms. The second-order valence-corrected chi connectivity index (χ2v) is 15.3. The standard InChI is InChI=1S/C46H34N2/c47-23-43-39-3-1-2-4-40(39)44(24-48)46-42-22-30-10-8-28-12-26-6-5-25-11-27-7-9-29-21-41(45(43)46)37-18-35(29)16-33(27)14-31(25)13-32(26)15-34(28)17-36(30)19-38(42)20-37/h1-10,14-15,18-19,27-28,41-42H,11-13,16-17,20-22H2. The fourth-order valence-electron chi connectivity index (χ4n) is 10.7.